The molecule has 0 spiro atoms. The summed E-state index contributed by atoms with van der Waals surface area (Å²) in [6.45, 7) is 4.49. The largest absolute Gasteiger partial charge is 0.266 e. The zero-order chi connectivity index (χ0) is 13.0. The van der Waals surface area contributed by atoms with Gasteiger partial charge in [0, 0.05) is 11.5 Å². The Morgan fingerprint density at radius 2 is 1.78 bits per heavy atom. The summed E-state index contributed by atoms with van der Waals surface area (Å²) in [5, 5.41) is 1.16. The Labute approximate surface area is 108 Å². The second kappa shape index (κ2) is 5.27. The van der Waals surface area contributed by atoms with E-state index >= 15 is 0 Å². The highest BCUT2D eigenvalue weighted by atomic mass is 28.3. The standard InChI is InChI=1S/C15H16FNSi/c1-18(2,15-5-3-4-11-17-15)12-10-13-6-8-14(16)9-7-13/h3-12H,1-2H3/b12-10+. The molecule has 1 heterocycles. The predicted molar refractivity (Wildman–Crippen MR) is 76.8 cm³/mol. The van der Waals surface area contributed by atoms with Gasteiger partial charge < -0.3 is 0 Å². The van der Waals surface area contributed by atoms with Crippen LogP contribution in [-0.2, 0) is 0 Å². The number of hydrogen-bond donors (Lipinski definition) is 0. The van der Waals surface area contributed by atoms with Gasteiger partial charge in [-0.1, -0.05) is 43.1 Å². The Bertz CT molecular complexity index is 532. The Balaban J connectivity index is 2.20. The van der Waals surface area contributed by atoms with Crippen LogP contribution in [-0.4, -0.2) is 13.1 Å². The first kappa shape index (κ1) is 12.7. The first-order valence-corrected chi connectivity index (χ1v) is 9.02. The minimum atomic E-state index is -1.66. The highest BCUT2D eigenvalue weighted by Gasteiger charge is 2.20. The van der Waals surface area contributed by atoms with Crippen LogP contribution in [0, 0.1) is 5.82 Å². The van der Waals surface area contributed by atoms with Crippen LogP contribution in [0.1, 0.15) is 5.56 Å². The lowest BCUT2D eigenvalue weighted by molar-refractivity contribution is 0.628. The van der Waals surface area contributed by atoms with Crippen LogP contribution < -0.4 is 5.32 Å². The Morgan fingerprint density at radius 1 is 1.06 bits per heavy atom. The lowest BCUT2D eigenvalue weighted by Crippen LogP contribution is -2.41. The zero-order valence-corrected chi connectivity index (χ0v) is 11.6. The van der Waals surface area contributed by atoms with Gasteiger partial charge in [0.15, 0.2) is 0 Å². The van der Waals surface area contributed by atoms with Crippen molar-refractivity contribution >= 4 is 19.5 Å². The van der Waals surface area contributed by atoms with E-state index in [0.717, 1.165) is 10.9 Å². The molecule has 0 fully saturated rings. The van der Waals surface area contributed by atoms with Crippen LogP contribution in [0.15, 0.2) is 54.4 Å². The summed E-state index contributed by atoms with van der Waals surface area (Å²) >= 11 is 0. The highest BCUT2D eigenvalue weighted by Crippen LogP contribution is 2.09. The van der Waals surface area contributed by atoms with E-state index in [0.29, 0.717) is 0 Å². The quantitative estimate of drug-likeness (QED) is 0.768. The van der Waals surface area contributed by atoms with Gasteiger partial charge in [-0.05, 0) is 29.8 Å². The van der Waals surface area contributed by atoms with E-state index in [9.17, 15) is 4.39 Å². The van der Waals surface area contributed by atoms with Gasteiger partial charge >= 0.3 is 0 Å². The fourth-order valence-corrected chi connectivity index (χ4v) is 3.42. The summed E-state index contributed by atoms with van der Waals surface area (Å²) in [4.78, 5) is 4.43. The Hall–Kier alpha value is -1.74. The van der Waals surface area contributed by atoms with E-state index in [2.05, 4.69) is 35.9 Å². The van der Waals surface area contributed by atoms with Crippen molar-refractivity contribution in [3.05, 3.63) is 65.7 Å². The number of halogens is 1. The van der Waals surface area contributed by atoms with Crippen LogP contribution in [0.4, 0.5) is 4.39 Å². The summed E-state index contributed by atoms with van der Waals surface area (Å²) in [5.74, 6) is -0.201. The van der Waals surface area contributed by atoms with E-state index in [1.165, 1.54) is 12.1 Å². The second-order valence-electron chi connectivity index (χ2n) is 4.82. The minimum Gasteiger partial charge on any atom is -0.266 e. The van der Waals surface area contributed by atoms with Gasteiger partial charge in [-0.2, -0.15) is 0 Å². The lowest BCUT2D eigenvalue weighted by atomic mass is 10.2. The van der Waals surface area contributed by atoms with Crippen molar-refractivity contribution < 1.29 is 4.39 Å². The third-order valence-corrected chi connectivity index (χ3v) is 5.50. The van der Waals surface area contributed by atoms with Crippen LogP contribution in [0.25, 0.3) is 6.08 Å². The van der Waals surface area contributed by atoms with Crippen molar-refractivity contribution in [3.63, 3.8) is 0 Å². The molecule has 0 atom stereocenters. The van der Waals surface area contributed by atoms with Crippen LogP contribution in [0.2, 0.25) is 13.1 Å². The zero-order valence-electron chi connectivity index (χ0n) is 10.6. The van der Waals surface area contributed by atoms with E-state index in [1.807, 2.05) is 18.3 Å². The molecule has 1 aromatic heterocycles. The molecule has 3 heteroatoms. The number of rotatable bonds is 3. The Kier molecular flexibility index (Phi) is 3.72. The molecule has 0 aliphatic heterocycles. The molecule has 18 heavy (non-hydrogen) atoms. The van der Waals surface area contributed by atoms with E-state index in [-0.39, 0.29) is 5.82 Å². The molecule has 0 radical (unpaired) electrons. The summed E-state index contributed by atoms with van der Waals surface area (Å²) < 4.78 is 12.8. The number of benzene rings is 1. The van der Waals surface area contributed by atoms with E-state index < -0.39 is 8.07 Å². The molecule has 1 aromatic carbocycles. The minimum absolute atomic E-state index is 0.201. The van der Waals surface area contributed by atoms with Crippen molar-refractivity contribution in [2.45, 2.75) is 13.1 Å². The molecule has 2 rings (SSSR count). The van der Waals surface area contributed by atoms with Crippen molar-refractivity contribution in [1.29, 1.82) is 0 Å². The van der Waals surface area contributed by atoms with Crippen molar-refractivity contribution in [2.75, 3.05) is 0 Å². The molecule has 92 valence electrons. The number of aromatic nitrogens is 1. The van der Waals surface area contributed by atoms with E-state index in [4.69, 9.17) is 0 Å². The van der Waals surface area contributed by atoms with Gasteiger partial charge in [0.05, 0.1) is 0 Å². The second-order valence-corrected chi connectivity index (χ2v) is 9.11. The average molecular weight is 257 g/mol. The molecule has 0 amide bonds. The lowest BCUT2D eigenvalue weighted by Gasteiger charge is -2.16. The Morgan fingerprint density at radius 3 is 2.39 bits per heavy atom. The monoisotopic (exact) mass is 257 g/mol. The molecule has 0 N–H and O–H groups in total. The third kappa shape index (κ3) is 3.14. The van der Waals surface area contributed by atoms with Gasteiger partial charge in [-0.25, -0.2) is 4.39 Å². The van der Waals surface area contributed by atoms with Crippen LogP contribution >= 0.6 is 0 Å². The molecule has 1 nitrogen and oxygen atoms in total. The van der Waals surface area contributed by atoms with Gasteiger partial charge in [0.2, 0.25) is 0 Å². The topological polar surface area (TPSA) is 12.9 Å². The molecule has 2 aromatic rings. The maximum absolute atomic E-state index is 12.8. The summed E-state index contributed by atoms with van der Waals surface area (Å²) in [7, 11) is -1.66. The van der Waals surface area contributed by atoms with Gasteiger partial charge in [0.25, 0.3) is 0 Å². The van der Waals surface area contributed by atoms with Crippen LogP contribution in [0.3, 0.4) is 0 Å². The smallest absolute Gasteiger partial charge is 0.127 e. The molecule has 0 aliphatic carbocycles. The average Bonchev–Trinajstić information content (AvgIpc) is 2.39. The highest BCUT2D eigenvalue weighted by molar-refractivity contribution is 6.93. The van der Waals surface area contributed by atoms with Gasteiger partial charge in [0.1, 0.15) is 13.9 Å². The SMILES string of the molecule is C[Si](C)(/C=C/c1ccc(F)cc1)c1ccccn1. The molecule has 0 aliphatic rings. The normalized spacial score (nSPS) is 11.9. The molecule has 0 saturated heterocycles. The fourth-order valence-electron chi connectivity index (χ4n) is 1.71. The predicted octanol–water partition coefficient (Wildman–Crippen LogP) is 3.39. The number of hydrogen-bond acceptors (Lipinski definition) is 1. The van der Waals surface area contributed by atoms with Gasteiger partial charge in [-0.3, -0.25) is 4.98 Å². The maximum Gasteiger partial charge on any atom is 0.127 e. The summed E-state index contributed by atoms with van der Waals surface area (Å²) in [5.41, 5.74) is 3.25. The van der Waals surface area contributed by atoms with E-state index in [1.54, 1.807) is 12.1 Å². The first-order valence-electron chi connectivity index (χ1n) is 5.94. The molecule has 0 unspecified atom stereocenters. The molecular formula is C15H16FNSi. The first-order chi connectivity index (χ1) is 8.58. The fraction of sp³-hybridized carbons (Fsp3) is 0.133. The van der Waals surface area contributed by atoms with Crippen molar-refractivity contribution in [1.82, 2.24) is 4.98 Å². The van der Waals surface area contributed by atoms with Gasteiger partial charge in [-0.15, -0.1) is 0 Å². The summed E-state index contributed by atoms with van der Waals surface area (Å²) in [6, 6.07) is 12.6. The maximum atomic E-state index is 12.8. The molecule has 0 bridgehead atoms. The van der Waals surface area contributed by atoms with Crippen LogP contribution in [0.5, 0.6) is 0 Å². The number of pyridine rings is 1. The van der Waals surface area contributed by atoms with Crippen molar-refractivity contribution in [2.24, 2.45) is 0 Å². The summed E-state index contributed by atoms with van der Waals surface area (Å²) in [6.07, 6.45) is 3.89. The van der Waals surface area contributed by atoms with Crippen molar-refractivity contribution in [3.8, 4) is 0 Å². The third-order valence-electron chi connectivity index (χ3n) is 2.89. The molecular weight excluding hydrogens is 241 g/mol. The molecule has 0 saturated carbocycles. The number of nitrogens with zero attached hydrogens (tertiary/aromatic N) is 1.